The van der Waals surface area contributed by atoms with Crippen LogP contribution in [0.4, 0.5) is 0 Å². The largest absolute Gasteiger partial charge is 0.496 e. The fourth-order valence-electron chi connectivity index (χ4n) is 1.67. The minimum absolute atomic E-state index is 0.785. The molecule has 0 aliphatic carbocycles. The van der Waals surface area contributed by atoms with E-state index in [1.54, 1.807) is 7.11 Å². The number of thioether (sulfide) groups is 1. The predicted molar refractivity (Wildman–Crippen MR) is 87.1 cm³/mol. The smallest absolute Gasteiger partial charge is 0.133 e. The Morgan fingerprint density at radius 3 is 2.32 bits per heavy atom. The van der Waals surface area contributed by atoms with Gasteiger partial charge in [0, 0.05) is 16.5 Å². The first-order valence-corrected chi connectivity index (χ1v) is 8.16. The lowest BCUT2D eigenvalue weighted by Crippen LogP contribution is -1.87. The maximum Gasteiger partial charge on any atom is 0.133 e. The van der Waals surface area contributed by atoms with Gasteiger partial charge in [-0.15, -0.1) is 0 Å². The third-order valence-electron chi connectivity index (χ3n) is 2.67. The van der Waals surface area contributed by atoms with Gasteiger partial charge in [0.2, 0.25) is 0 Å². The van der Waals surface area contributed by atoms with E-state index in [-0.39, 0.29) is 0 Å². The van der Waals surface area contributed by atoms with Crippen molar-refractivity contribution in [2.45, 2.75) is 11.5 Å². The molecule has 0 radical (unpaired) electrons. The lowest BCUT2D eigenvalue weighted by molar-refractivity contribution is 0.412. The minimum atomic E-state index is 0.785. The van der Waals surface area contributed by atoms with Crippen LogP contribution < -0.4 is 4.74 Å². The SMILES string of the molecule is COc1ccc(CSCc2ccc(Cl)cc2)cc1Br. The molecule has 2 rings (SSSR count). The maximum atomic E-state index is 5.86. The van der Waals surface area contributed by atoms with Crippen LogP contribution in [0.2, 0.25) is 5.02 Å². The van der Waals surface area contributed by atoms with Gasteiger partial charge in [0.1, 0.15) is 5.75 Å². The van der Waals surface area contributed by atoms with Gasteiger partial charge < -0.3 is 4.74 Å². The van der Waals surface area contributed by atoms with Crippen molar-refractivity contribution in [3.63, 3.8) is 0 Å². The second-order valence-corrected chi connectivity index (χ2v) is 6.36. The fourth-order valence-corrected chi connectivity index (χ4v) is 3.33. The maximum absolute atomic E-state index is 5.86. The van der Waals surface area contributed by atoms with E-state index in [4.69, 9.17) is 16.3 Å². The summed E-state index contributed by atoms with van der Waals surface area (Å²) in [7, 11) is 1.68. The molecule has 1 nitrogen and oxygen atoms in total. The highest BCUT2D eigenvalue weighted by atomic mass is 79.9. The third kappa shape index (κ3) is 4.44. The molecule has 2 aromatic rings. The number of benzene rings is 2. The average Bonchev–Trinajstić information content (AvgIpc) is 2.41. The number of methoxy groups -OCH3 is 1. The second kappa shape index (κ2) is 7.22. The monoisotopic (exact) mass is 356 g/mol. The Bertz CT molecular complexity index is 542. The molecule has 2 aromatic carbocycles. The van der Waals surface area contributed by atoms with Crippen LogP contribution in [-0.4, -0.2) is 7.11 Å². The Labute approximate surface area is 131 Å². The minimum Gasteiger partial charge on any atom is -0.496 e. The fraction of sp³-hybridized carbons (Fsp3) is 0.200. The number of hydrogen-bond donors (Lipinski definition) is 0. The lowest BCUT2D eigenvalue weighted by Gasteiger charge is -2.06. The van der Waals surface area contributed by atoms with Crippen molar-refractivity contribution >= 4 is 39.3 Å². The number of rotatable bonds is 5. The first kappa shape index (κ1) is 14.8. The quantitative estimate of drug-likeness (QED) is 0.694. The first-order valence-electron chi connectivity index (χ1n) is 5.83. The Morgan fingerprint density at radius 2 is 1.68 bits per heavy atom. The van der Waals surface area contributed by atoms with E-state index in [0.717, 1.165) is 26.8 Å². The molecule has 0 bridgehead atoms. The predicted octanol–water partition coefficient (Wildman–Crippen LogP) is 5.54. The van der Waals surface area contributed by atoms with Gasteiger partial charge in [0.05, 0.1) is 11.6 Å². The van der Waals surface area contributed by atoms with Crippen LogP contribution in [0.15, 0.2) is 46.9 Å². The molecule has 0 saturated heterocycles. The Balaban J connectivity index is 1.88. The van der Waals surface area contributed by atoms with Crippen LogP contribution in [0.25, 0.3) is 0 Å². The molecule has 0 saturated carbocycles. The molecule has 0 aliphatic heterocycles. The van der Waals surface area contributed by atoms with E-state index >= 15 is 0 Å². The Kier molecular flexibility index (Phi) is 5.61. The summed E-state index contributed by atoms with van der Waals surface area (Å²) in [6, 6.07) is 14.2. The summed E-state index contributed by atoms with van der Waals surface area (Å²) in [5.41, 5.74) is 2.58. The summed E-state index contributed by atoms with van der Waals surface area (Å²) in [5, 5.41) is 0.785. The molecule has 0 aliphatic rings. The van der Waals surface area contributed by atoms with E-state index in [2.05, 4.69) is 40.2 Å². The molecule has 0 unspecified atom stereocenters. The standard InChI is InChI=1S/C15H14BrClOS/c1-18-15-7-4-12(8-14(15)16)10-19-9-11-2-5-13(17)6-3-11/h2-8H,9-10H2,1H3. The van der Waals surface area contributed by atoms with Gasteiger partial charge in [0.25, 0.3) is 0 Å². The van der Waals surface area contributed by atoms with Crippen molar-refractivity contribution in [2.24, 2.45) is 0 Å². The van der Waals surface area contributed by atoms with Gasteiger partial charge in [0.15, 0.2) is 0 Å². The first-order chi connectivity index (χ1) is 9.19. The van der Waals surface area contributed by atoms with Crippen molar-refractivity contribution in [3.8, 4) is 5.75 Å². The molecular formula is C15H14BrClOS. The van der Waals surface area contributed by atoms with Crippen molar-refractivity contribution in [1.82, 2.24) is 0 Å². The summed E-state index contributed by atoms with van der Waals surface area (Å²) < 4.78 is 6.22. The topological polar surface area (TPSA) is 9.23 Å². The van der Waals surface area contributed by atoms with Crippen LogP contribution in [0.3, 0.4) is 0 Å². The van der Waals surface area contributed by atoms with Crippen LogP contribution in [-0.2, 0) is 11.5 Å². The molecule has 0 aromatic heterocycles. The Hall–Kier alpha value is -0.640. The van der Waals surface area contributed by atoms with Gasteiger partial charge in [-0.3, -0.25) is 0 Å². The van der Waals surface area contributed by atoms with Gasteiger partial charge in [-0.2, -0.15) is 11.8 Å². The highest BCUT2D eigenvalue weighted by Crippen LogP contribution is 2.28. The normalized spacial score (nSPS) is 10.5. The number of ether oxygens (including phenoxy) is 1. The molecule has 0 amide bonds. The van der Waals surface area contributed by atoms with E-state index in [9.17, 15) is 0 Å². The van der Waals surface area contributed by atoms with Crippen molar-refractivity contribution in [3.05, 3.63) is 63.1 Å². The van der Waals surface area contributed by atoms with Crippen LogP contribution in [0.1, 0.15) is 11.1 Å². The zero-order chi connectivity index (χ0) is 13.7. The van der Waals surface area contributed by atoms with Crippen molar-refractivity contribution < 1.29 is 4.74 Å². The number of halogens is 2. The van der Waals surface area contributed by atoms with Crippen LogP contribution >= 0.6 is 39.3 Å². The second-order valence-electron chi connectivity index (χ2n) is 4.09. The van der Waals surface area contributed by atoms with Crippen molar-refractivity contribution in [2.75, 3.05) is 7.11 Å². The molecule has 0 heterocycles. The average molecular weight is 358 g/mol. The molecule has 19 heavy (non-hydrogen) atoms. The van der Waals surface area contributed by atoms with Gasteiger partial charge in [-0.05, 0) is 51.3 Å². The Morgan fingerprint density at radius 1 is 1.05 bits per heavy atom. The molecule has 0 fully saturated rings. The van der Waals surface area contributed by atoms with Gasteiger partial charge in [-0.25, -0.2) is 0 Å². The lowest BCUT2D eigenvalue weighted by atomic mass is 10.2. The van der Waals surface area contributed by atoms with E-state index in [0.29, 0.717) is 0 Å². The van der Waals surface area contributed by atoms with E-state index < -0.39 is 0 Å². The van der Waals surface area contributed by atoms with Gasteiger partial charge >= 0.3 is 0 Å². The molecule has 4 heteroatoms. The summed E-state index contributed by atoms with van der Waals surface area (Å²) in [6.07, 6.45) is 0. The highest BCUT2D eigenvalue weighted by molar-refractivity contribution is 9.10. The summed E-state index contributed by atoms with van der Waals surface area (Å²) in [4.78, 5) is 0. The molecule has 100 valence electrons. The molecule has 0 spiro atoms. The summed E-state index contributed by atoms with van der Waals surface area (Å²) in [6.45, 7) is 0. The molecule has 0 atom stereocenters. The zero-order valence-corrected chi connectivity index (χ0v) is 13.7. The highest BCUT2D eigenvalue weighted by Gasteiger charge is 2.02. The van der Waals surface area contributed by atoms with E-state index in [1.807, 2.05) is 30.0 Å². The summed E-state index contributed by atoms with van der Waals surface area (Å²) in [5.74, 6) is 2.83. The summed E-state index contributed by atoms with van der Waals surface area (Å²) >= 11 is 11.2. The van der Waals surface area contributed by atoms with Crippen molar-refractivity contribution in [1.29, 1.82) is 0 Å². The van der Waals surface area contributed by atoms with Gasteiger partial charge in [-0.1, -0.05) is 29.8 Å². The number of hydrogen-bond acceptors (Lipinski definition) is 2. The third-order valence-corrected chi connectivity index (χ3v) is 4.61. The molecular weight excluding hydrogens is 344 g/mol. The van der Waals surface area contributed by atoms with Crippen LogP contribution in [0, 0.1) is 0 Å². The zero-order valence-electron chi connectivity index (χ0n) is 10.5. The molecule has 0 N–H and O–H groups in total. The van der Waals surface area contributed by atoms with Crippen LogP contribution in [0.5, 0.6) is 5.75 Å². The van der Waals surface area contributed by atoms with E-state index in [1.165, 1.54) is 11.1 Å².